The molecule has 182 valence electrons. The first-order valence-electron chi connectivity index (χ1n) is 12.4. The van der Waals surface area contributed by atoms with E-state index in [9.17, 15) is 0 Å². The molecule has 0 amide bonds. The third-order valence-electron chi connectivity index (χ3n) is 7.43. The number of ether oxygens (including phenoxy) is 1. The predicted octanol–water partition coefficient (Wildman–Crippen LogP) is 4.95. The lowest BCUT2D eigenvalue weighted by Crippen LogP contribution is -2.26. The zero-order valence-corrected chi connectivity index (χ0v) is 21.1. The fraction of sp³-hybridized carbons (Fsp3) is 0.464. The summed E-state index contributed by atoms with van der Waals surface area (Å²) in [6.45, 7) is 9.12. The summed E-state index contributed by atoms with van der Waals surface area (Å²) in [6.07, 6.45) is 8.32. The standard InChI is InChI=1S/C28H39N5O/c1-5-24(25-8-9-26(32(4)30)28(29)20(25)3)22-7-6-19(2)23(17-22)18-33-13-12-31-27(33)16-21-10-14-34-15-11-21/h6-9,12-13,17,21,24H,5,10-11,14-16,18,29-30H2,1-4H3. The molecule has 0 radical (unpaired) electrons. The Kier molecular flexibility index (Phi) is 7.59. The molecule has 0 spiro atoms. The van der Waals surface area contributed by atoms with Crippen molar-refractivity contribution >= 4 is 11.4 Å². The number of hydrogen-bond acceptors (Lipinski definition) is 5. The van der Waals surface area contributed by atoms with Crippen molar-refractivity contribution in [2.75, 3.05) is 31.0 Å². The molecule has 1 atom stereocenters. The zero-order valence-electron chi connectivity index (χ0n) is 21.1. The molecule has 1 fully saturated rings. The normalized spacial score (nSPS) is 15.4. The number of aryl methyl sites for hydroxylation is 1. The van der Waals surface area contributed by atoms with Crippen molar-refractivity contribution in [1.82, 2.24) is 9.55 Å². The molecule has 1 unspecified atom stereocenters. The summed E-state index contributed by atoms with van der Waals surface area (Å²) >= 11 is 0. The molecular weight excluding hydrogens is 422 g/mol. The van der Waals surface area contributed by atoms with E-state index in [1.807, 2.05) is 19.3 Å². The van der Waals surface area contributed by atoms with Gasteiger partial charge in [0.25, 0.3) is 0 Å². The number of imidazole rings is 1. The molecule has 0 aliphatic carbocycles. The summed E-state index contributed by atoms with van der Waals surface area (Å²) in [5.41, 5.74) is 14.4. The van der Waals surface area contributed by atoms with Gasteiger partial charge in [-0.05, 0) is 72.9 Å². The van der Waals surface area contributed by atoms with Gasteiger partial charge in [0, 0.05) is 51.5 Å². The molecule has 4 rings (SSSR count). The second kappa shape index (κ2) is 10.6. The number of nitrogens with zero attached hydrogens (tertiary/aromatic N) is 3. The lowest BCUT2D eigenvalue weighted by atomic mass is 9.84. The number of hydrazine groups is 1. The molecular formula is C28H39N5O. The second-order valence-electron chi connectivity index (χ2n) is 9.70. The Morgan fingerprint density at radius 2 is 1.94 bits per heavy atom. The monoisotopic (exact) mass is 461 g/mol. The van der Waals surface area contributed by atoms with Gasteiger partial charge in [0.2, 0.25) is 0 Å². The van der Waals surface area contributed by atoms with Crippen LogP contribution in [0.3, 0.4) is 0 Å². The van der Waals surface area contributed by atoms with Gasteiger partial charge >= 0.3 is 0 Å². The van der Waals surface area contributed by atoms with E-state index in [2.05, 4.69) is 55.8 Å². The Balaban J connectivity index is 1.60. The van der Waals surface area contributed by atoms with Gasteiger partial charge in [-0.3, -0.25) is 0 Å². The van der Waals surface area contributed by atoms with Gasteiger partial charge in [0.1, 0.15) is 5.82 Å². The third kappa shape index (κ3) is 5.13. The molecule has 0 bridgehead atoms. The summed E-state index contributed by atoms with van der Waals surface area (Å²) in [5, 5.41) is 1.58. The minimum Gasteiger partial charge on any atom is -0.397 e. The van der Waals surface area contributed by atoms with Crippen molar-refractivity contribution < 1.29 is 4.74 Å². The van der Waals surface area contributed by atoms with E-state index in [0.29, 0.717) is 5.92 Å². The summed E-state index contributed by atoms with van der Waals surface area (Å²) in [6, 6.07) is 11.1. The summed E-state index contributed by atoms with van der Waals surface area (Å²) < 4.78 is 7.85. The highest BCUT2D eigenvalue weighted by molar-refractivity contribution is 5.72. The average molecular weight is 462 g/mol. The van der Waals surface area contributed by atoms with E-state index in [-0.39, 0.29) is 5.92 Å². The summed E-state index contributed by atoms with van der Waals surface area (Å²) in [5.74, 6) is 8.08. The van der Waals surface area contributed by atoms with Crippen LogP contribution < -0.4 is 16.6 Å². The van der Waals surface area contributed by atoms with Crippen molar-refractivity contribution in [1.29, 1.82) is 0 Å². The first kappa shape index (κ1) is 24.3. The molecule has 2 aromatic carbocycles. The van der Waals surface area contributed by atoms with Crippen molar-refractivity contribution in [2.45, 2.75) is 58.9 Å². The van der Waals surface area contributed by atoms with Crippen LogP contribution in [0.4, 0.5) is 11.4 Å². The third-order valence-corrected chi connectivity index (χ3v) is 7.43. The highest BCUT2D eigenvalue weighted by Gasteiger charge is 2.20. The van der Waals surface area contributed by atoms with Gasteiger partial charge in [-0.1, -0.05) is 31.2 Å². The van der Waals surface area contributed by atoms with Gasteiger partial charge < -0.3 is 20.0 Å². The van der Waals surface area contributed by atoms with Crippen LogP contribution in [0, 0.1) is 19.8 Å². The molecule has 1 aliphatic rings. The van der Waals surface area contributed by atoms with Crippen LogP contribution in [0.25, 0.3) is 0 Å². The Morgan fingerprint density at radius 1 is 1.18 bits per heavy atom. The van der Waals surface area contributed by atoms with E-state index >= 15 is 0 Å². The number of aromatic nitrogens is 2. The van der Waals surface area contributed by atoms with Crippen LogP contribution in [0.15, 0.2) is 42.7 Å². The summed E-state index contributed by atoms with van der Waals surface area (Å²) in [4.78, 5) is 4.70. The number of anilines is 2. The van der Waals surface area contributed by atoms with E-state index in [1.54, 1.807) is 5.01 Å². The number of hydrogen-bond donors (Lipinski definition) is 2. The maximum absolute atomic E-state index is 6.45. The number of nitrogens with two attached hydrogens (primary N) is 2. The van der Waals surface area contributed by atoms with Crippen LogP contribution in [0.5, 0.6) is 0 Å². The lowest BCUT2D eigenvalue weighted by Gasteiger charge is -2.24. The van der Waals surface area contributed by atoms with Crippen molar-refractivity contribution in [3.63, 3.8) is 0 Å². The van der Waals surface area contributed by atoms with Crippen LogP contribution in [0.1, 0.15) is 65.7 Å². The maximum atomic E-state index is 6.45. The minimum atomic E-state index is 0.281. The van der Waals surface area contributed by atoms with E-state index in [0.717, 1.165) is 62.4 Å². The van der Waals surface area contributed by atoms with Crippen molar-refractivity contribution in [3.05, 3.63) is 76.4 Å². The molecule has 1 aromatic heterocycles. The molecule has 6 heteroatoms. The van der Waals surface area contributed by atoms with E-state index in [1.165, 1.54) is 28.1 Å². The molecule has 3 aromatic rings. The lowest BCUT2D eigenvalue weighted by molar-refractivity contribution is 0.0657. The molecule has 6 nitrogen and oxygen atoms in total. The number of rotatable bonds is 8. The fourth-order valence-electron chi connectivity index (χ4n) is 5.20. The molecule has 34 heavy (non-hydrogen) atoms. The largest absolute Gasteiger partial charge is 0.397 e. The van der Waals surface area contributed by atoms with Gasteiger partial charge in [-0.2, -0.15) is 0 Å². The van der Waals surface area contributed by atoms with Gasteiger partial charge in [0.05, 0.1) is 11.4 Å². The fourth-order valence-corrected chi connectivity index (χ4v) is 5.20. The Hall–Kier alpha value is -2.83. The van der Waals surface area contributed by atoms with Gasteiger partial charge in [-0.15, -0.1) is 0 Å². The molecule has 1 aliphatic heterocycles. The highest BCUT2D eigenvalue weighted by Crippen LogP contribution is 2.36. The maximum Gasteiger partial charge on any atom is 0.109 e. The molecule has 2 heterocycles. The van der Waals surface area contributed by atoms with E-state index < -0.39 is 0 Å². The Bertz CT molecular complexity index is 1110. The van der Waals surface area contributed by atoms with E-state index in [4.69, 9.17) is 21.3 Å². The number of benzene rings is 2. The van der Waals surface area contributed by atoms with Crippen molar-refractivity contribution in [2.24, 2.45) is 11.8 Å². The molecule has 0 saturated carbocycles. The molecule has 1 saturated heterocycles. The first-order valence-corrected chi connectivity index (χ1v) is 12.4. The SMILES string of the molecule is CCC(c1ccc(C)c(Cn2ccnc2CC2CCOCC2)c1)c1ccc(N(C)N)c(N)c1C. The smallest absolute Gasteiger partial charge is 0.109 e. The predicted molar refractivity (Wildman–Crippen MR) is 140 cm³/mol. The molecule has 4 N–H and O–H groups in total. The van der Waals surface area contributed by atoms with Crippen LogP contribution >= 0.6 is 0 Å². The van der Waals surface area contributed by atoms with Crippen LogP contribution in [0.2, 0.25) is 0 Å². The van der Waals surface area contributed by atoms with Crippen LogP contribution in [-0.2, 0) is 17.7 Å². The second-order valence-corrected chi connectivity index (χ2v) is 9.70. The average Bonchev–Trinajstić information content (AvgIpc) is 3.26. The van der Waals surface area contributed by atoms with Gasteiger partial charge in [0.15, 0.2) is 0 Å². The highest BCUT2D eigenvalue weighted by atomic mass is 16.5. The number of nitrogen functional groups attached to an aromatic ring is 1. The van der Waals surface area contributed by atoms with Gasteiger partial charge in [-0.25, -0.2) is 10.8 Å². The first-order chi connectivity index (χ1) is 16.4. The minimum absolute atomic E-state index is 0.281. The zero-order chi connectivity index (χ0) is 24.2. The van der Waals surface area contributed by atoms with Crippen LogP contribution in [-0.4, -0.2) is 29.8 Å². The Morgan fingerprint density at radius 3 is 2.65 bits per heavy atom. The quantitative estimate of drug-likeness (QED) is 0.282. The van der Waals surface area contributed by atoms with Crippen molar-refractivity contribution in [3.8, 4) is 0 Å². The summed E-state index contributed by atoms with van der Waals surface area (Å²) in [7, 11) is 1.82. The Labute approximate surface area is 203 Å². The topological polar surface area (TPSA) is 82.3 Å².